The van der Waals surface area contributed by atoms with Crippen molar-refractivity contribution in [2.45, 2.75) is 17.3 Å². The van der Waals surface area contributed by atoms with Gasteiger partial charge in [-0.05, 0) is 59.8 Å². The molecular weight excluding hydrogens is 365 g/mol. The zero-order chi connectivity index (χ0) is 17.8. The van der Waals surface area contributed by atoms with E-state index < -0.39 is 5.25 Å². The number of halogens is 2. The molecule has 0 spiro atoms. The first kappa shape index (κ1) is 17.4. The summed E-state index contributed by atoms with van der Waals surface area (Å²) >= 11 is 7.20. The number of hydrogen-bond acceptors (Lipinski definition) is 5. The summed E-state index contributed by atoms with van der Waals surface area (Å²) in [7, 11) is 0. The van der Waals surface area contributed by atoms with Gasteiger partial charge in [-0.2, -0.15) is 4.68 Å². The molecule has 1 N–H and O–H groups in total. The molecule has 0 saturated carbocycles. The fourth-order valence-corrected chi connectivity index (χ4v) is 3.00. The van der Waals surface area contributed by atoms with Gasteiger partial charge >= 0.3 is 0 Å². The number of carbonyl (C=O) groups excluding carboxylic acids is 1. The summed E-state index contributed by atoms with van der Waals surface area (Å²) in [6.07, 6.45) is 0. The standard InChI is InChI=1S/C16H13ClFN5OS/c1-10(15(24)19-13-7-5-12(18)6-8-13)25-16-20-21-22-23(16)14-4-2-3-11(17)9-14/h2-10H,1H3,(H,19,24)/t10-/m0/s1. The lowest BCUT2D eigenvalue weighted by molar-refractivity contribution is -0.115. The summed E-state index contributed by atoms with van der Waals surface area (Å²) in [6.45, 7) is 1.74. The fourth-order valence-electron chi connectivity index (χ4n) is 2.01. The van der Waals surface area contributed by atoms with Crippen molar-refractivity contribution in [1.82, 2.24) is 20.2 Å². The molecule has 1 heterocycles. The van der Waals surface area contributed by atoms with Crippen LogP contribution in [0.2, 0.25) is 5.02 Å². The van der Waals surface area contributed by atoms with Crippen molar-refractivity contribution in [2.75, 3.05) is 5.32 Å². The average Bonchev–Trinajstić information content (AvgIpc) is 3.05. The highest BCUT2D eigenvalue weighted by molar-refractivity contribution is 8.00. The zero-order valence-corrected chi connectivity index (χ0v) is 14.6. The molecule has 6 nitrogen and oxygen atoms in total. The lowest BCUT2D eigenvalue weighted by Crippen LogP contribution is -2.22. The number of thioether (sulfide) groups is 1. The Labute approximate surface area is 152 Å². The first-order valence-electron chi connectivity index (χ1n) is 7.30. The SMILES string of the molecule is C[C@H](Sc1nnnn1-c1cccc(Cl)c1)C(=O)Nc1ccc(F)cc1. The topological polar surface area (TPSA) is 72.7 Å². The monoisotopic (exact) mass is 377 g/mol. The summed E-state index contributed by atoms with van der Waals surface area (Å²) in [5, 5.41) is 14.8. The molecule has 1 atom stereocenters. The Kier molecular flexibility index (Phi) is 5.30. The van der Waals surface area contributed by atoms with Gasteiger partial charge in [0, 0.05) is 10.7 Å². The van der Waals surface area contributed by atoms with Crippen molar-refractivity contribution >= 4 is 35.0 Å². The van der Waals surface area contributed by atoms with Crippen molar-refractivity contribution < 1.29 is 9.18 Å². The molecule has 0 fully saturated rings. The first-order valence-corrected chi connectivity index (χ1v) is 8.56. The van der Waals surface area contributed by atoms with Crippen LogP contribution in [0.4, 0.5) is 10.1 Å². The number of nitrogens with one attached hydrogen (secondary N) is 1. The van der Waals surface area contributed by atoms with Crippen LogP contribution in [0.15, 0.2) is 53.7 Å². The highest BCUT2D eigenvalue weighted by Gasteiger charge is 2.19. The van der Waals surface area contributed by atoms with Crippen LogP contribution in [0.3, 0.4) is 0 Å². The van der Waals surface area contributed by atoms with Crippen LogP contribution >= 0.6 is 23.4 Å². The summed E-state index contributed by atoms with van der Waals surface area (Å²) in [6, 6.07) is 12.7. The average molecular weight is 378 g/mol. The summed E-state index contributed by atoms with van der Waals surface area (Å²) in [4.78, 5) is 12.3. The van der Waals surface area contributed by atoms with Crippen LogP contribution in [0.5, 0.6) is 0 Å². The third-order valence-electron chi connectivity index (χ3n) is 3.26. The Hall–Kier alpha value is -2.45. The van der Waals surface area contributed by atoms with Gasteiger partial charge in [0.2, 0.25) is 11.1 Å². The largest absolute Gasteiger partial charge is 0.325 e. The first-order chi connectivity index (χ1) is 12.0. The van der Waals surface area contributed by atoms with Crippen molar-refractivity contribution in [3.8, 4) is 5.69 Å². The smallest absolute Gasteiger partial charge is 0.237 e. The van der Waals surface area contributed by atoms with Gasteiger partial charge in [-0.3, -0.25) is 4.79 Å². The quantitative estimate of drug-likeness (QED) is 0.688. The lowest BCUT2D eigenvalue weighted by Gasteiger charge is -2.11. The predicted octanol–water partition coefficient (Wildman–Crippen LogP) is 3.57. The molecule has 9 heteroatoms. The van der Waals surface area contributed by atoms with Gasteiger partial charge in [0.25, 0.3) is 0 Å². The van der Waals surface area contributed by atoms with Crippen molar-refractivity contribution in [1.29, 1.82) is 0 Å². The molecule has 0 radical (unpaired) electrons. The van der Waals surface area contributed by atoms with Gasteiger partial charge in [0.1, 0.15) is 5.82 Å². The molecule has 25 heavy (non-hydrogen) atoms. The predicted molar refractivity (Wildman–Crippen MR) is 94.5 cm³/mol. The van der Waals surface area contributed by atoms with E-state index in [-0.39, 0.29) is 11.7 Å². The van der Waals surface area contributed by atoms with Crippen LogP contribution in [0, 0.1) is 5.82 Å². The molecule has 0 saturated heterocycles. The van der Waals surface area contributed by atoms with E-state index in [1.54, 1.807) is 25.1 Å². The van der Waals surface area contributed by atoms with Crippen LogP contribution < -0.4 is 5.32 Å². The van der Waals surface area contributed by atoms with Crippen molar-refractivity contribution in [3.63, 3.8) is 0 Å². The van der Waals surface area contributed by atoms with E-state index in [0.29, 0.717) is 21.6 Å². The van der Waals surface area contributed by atoms with E-state index >= 15 is 0 Å². The maximum atomic E-state index is 12.9. The lowest BCUT2D eigenvalue weighted by atomic mass is 10.3. The molecule has 0 aliphatic carbocycles. The van der Waals surface area contributed by atoms with Gasteiger partial charge in [0.05, 0.1) is 10.9 Å². The second-order valence-electron chi connectivity index (χ2n) is 5.11. The number of amides is 1. The van der Waals surface area contributed by atoms with Gasteiger partial charge in [-0.25, -0.2) is 4.39 Å². The number of tetrazole rings is 1. The molecule has 128 valence electrons. The Bertz CT molecular complexity index is 886. The molecule has 2 aromatic carbocycles. The highest BCUT2D eigenvalue weighted by atomic mass is 35.5. The minimum absolute atomic E-state index is 0.239. The highest BCUT2D eigenvalue weighted by Crippen LogP contribution is 2.25. The second-order valence-corrected chi connectivity index (χ2v) is 6.85. The third-order valence-corrected chi connectivity index (χ3v) is 4.52. The summed E-state index contributed by atoms with van der Waals surface area (Å²) < 4.78 is 14.4. The maximum absolute atomic E-state index is 12.9. The number of rotatable bonds is 5. The fraction of sp³-hybridized carbons (Fsp3) is 0.125. The summed E-state index contributed by atoms with van der Waals surface area (Å²) in [5.41, 5.74) is 1.22. The van der Waals surface area contributed by atoms with Gasteiger partial charge < -0.3 is 5.32 Å². The number of carbonyl (C=O) groups is 1. The van der Waals surface area contributed by atoms with E-state index in [0.717, 1.165) is 0 Å². The third kappa shape index (κ3) is 4.34. The van der Waals surface area contributed by atoms with E-state index in [2.05, 4.69) is 20.8 Å². The molecule has 0 aliphatic rings. The molecular formula is C16H13ClFN5OS. The number of nitrogens with zero attached hydrogens (tertiary/aromatic N) is 4. The van der Waals surface area contributed by atoms with Gasteiger partial charge in [-0.1, -0.05) is 29.4 Å². The molecule has 1 amide bonds. The van der Waals surface area contributed by atoms with E-state index in [9.17, 15) is 9.18 Å². The number of benzene rings is 2. The second kappa shape index (κ2) is 7.62. The molecule has 3 aromatic rings. The number of hydrogen-bond donors (Lipinski definition) is 1. The van der Waals surface area contributed by atoms with Crippen molar-refractivity contribution in [3.05, 3.63) is 59.4 Å². The van der Waals surface area contributed by atoms with E-state index in [1.165, 1.54) is 40.7 Å². The van der Waals surface area contributed by atoms with Crippen LogP contribution in [-0.4, -0.2) is 31.4 Å². The molecule has 3 rings (SSSR count). The van der Waals surface area contributed by atoms with Gasteiger partial charge in [-0.15, -0.1) is 5.10 Å². The Morgan fingerprint density at radius 2 is 2.04 bits per heavy atom. The zero-order valence-electron chi connectivity index (χ0n) is 13.1. The Morgan fingerprint density at radius 1 is 1.28 bits per heavy atom. The Balaban J connectivity index is 1.71. The molecule has 0 unspecified atom stereocenters. The molecule has 1 aromatic heterocycles. The van der Waals surface area contributed by atoms with Gasteiger partial charge in [0.15, 0.2) is 0 Å². The molecule has 0 bridgehead atoms. The van der Waals surface area contributed by atoms with E-state index in [4.69, 9.17) is 11.6 Å². The minimum atomic E-state index is -0.464. The number of aromatic nitrogens is 4. The number of anilines is 1. The minimum Gasteiger partial charge on any atom is -0.325 e. The maximum Gasteiger partial charge on any atom is 0.237 e. The summed E-state index contributed by atoms with van der Waals surface area (Å²) in [5.74, 6) is -0.599. The van der Waals surface area contributed by atoms with Crippen LogP contribution in [-0.2, 0) is 4.79 Å². The van der Waals surface area contributed by atoms with E-state index in [1.807, 2.05) is 6.07 Å². The van der Waals surface area contributed by atoms with Crippen molar-refractivity contribution in [2.24, 2.45) is 0 Å². The van der Waals surface area contributed by atoms with Crippen LogP contribution in [0.25, 0.3) is 5.69 Å². The molecule has 0 aliphatic heterocycles. The Morgan fingerprint density at radius 3 is 2.76 bits per heavy atom. The van der Waals surface area contributed by atoms with Crippen LogP contribution in [0.1, 0.15) is 6.92 Å². The normalized spacial score (nSPS) is 12.0.